The number of nitrogens with one attached hydrogen (secondary N) is 1. The van der Waals surface area contributed by atoms with E-state index in [-0.39, 0.29) is 17.0 Å². The summed E-state index contributed by atoms with van der Waals surface area (Å²) >= 11 is 0. The molecule has 0 atom stereocenters. The quantitative estimate of drug-likeness (QED) is 0.319. The average Bonchev–Trinajstić information content (AvgIpc) is 2.35. The second-order valence-electron chi connectivity index (χ2n) is 3.92. The second-order valence-corrected chi connectivity index (χ2v) is 5.76. The monoisotopic (exact) mass is 289 g/mol. The van der Waals surface area contributed by atoms with Crippen molar-refractivity contribution in [2.24, 2.45) is 10.9 Å². The number of rotatable bonds is 6. The topological polar surface area (TPSA) is 105 Å². The van der Waals surface area contributed by atoms with Crippen molar-refractivity contribution < 1.29 is 18.0 Å². The van der Waals surface area contributed by atoms with Crippen molar-refractivity contribution in [1.82, 2.24) is 0 Å². The smallest absolute Gasteiger partial charge is 0.232 e. The standard InChI is InChI=1S/C11H16FN3O3S/c1-2-3-7-19(17,18)15-9-6-4-5-8(12)10(9)11(13)14-16/h4-6,15-16H,2-3,7H2,1H3,(H2,13,14). The number of nitrogens with zero attached hydrogens (tertiary/aromatic N) is 1. The summed E-state index contributed by atoms with van der Waals surface area (Å²) in [6, 6.07) is 3.78. The van der Waals surface area contributed by atoms with Crippen LogP contribution in [0.1, 0.15) is 25.3 Å². The van der Waals surface area contributed by atoms with E-state index in [1.54, 1.807) is 0 Å². The third-order valence-corrected chi connectivity index (χ3v) is 3.77. The summed E-state index contributed by atoms with van der Waals surface area (Å²) in [5.41, 5.74) is 5.02. The normalized spacial score (nSPS) is 12.4. The van der Waals surface area contributed by atoms with Crippen LogP contribution in [0.15, 0.2) is 23.4 Å². The molecule has 1 aromatic rings. The van der Waals surface area contributed by atoms with E-state index in [1.807, 2.05) is 6.92 Å². The lowest BCUT2D eigenvalue weighted by Crippen LogP contribution is -2.22. The van der Waals surface area contributed by atoms with E-state index in [9.17, 15) is 12.8 Å². The molecule has 0 aliphatic rings. The van der Waals surface area contributed by atoms with Gasteiger partial charge in [-0.15, -0.1) is 0 Å². The fraction of sp³-hybridized carbons (Fsp3) is 0.364. The summed E-state index contributed by atoms with van der Waals surface area (Å²) in [6.07, 6.45) is 1.21. The van der Waals surface area contributed by atoms with Gasteiger partial charge in [-0.1, -0.05) is 24.6 Å². The van der Waals surface area contributed by atoms with Gasteiger partial charge in [-0.2, -0.15) is 0 Å². The van der Waals surface area contributed by atoms with Crippen molar-refractivity contribution in [2.45, 2.75) is 19.8 Å². The van der Waals surface area contributed by atoms with Crippen LogP contribution in [-0.2, 0) is 10.0 Å². The van der Waals surface area contributed by atoms with Crippen molar-refractivity contribution in [3.05, 3.63) is 29.6 Å². The maximum atomic E-state index is 13.6. The molecular weight excluding hydrogens is 273 g/mol. The van der Waals surface area contributed by atoms with E-state index < -0.39 is 21.7 Å². The first-order chi connectivity index (χ1) is 8.91. The molecule has 0 fully saturated rings. The van der Waals surface area contributed by atoms with E-state index >= 15 is 0 Å². The molecule has 19 heavy (non-hydrogen) atoms. The van der Waals surface area contributed by atoms with Crippen molar-refractivity contribution in [3.8, 4) is 0 Å². The van der Waals surface area contributed by atoms with Gasteiger partial charge in [0.05, 0.1) is 17.0 Å². The highest BCUT2D eigenvalue weighted by Crippen LogP contribution is 2.20. The van der Waals surface area contributed by atoms with Crippen LogP contribution >= 0.6 is 0 Å². The van der Waals surface area contributed by atoms with Gasteiger partial charge in [0.25, 0.3) is 0 Å². The molecule has 0 heterocycles. The molecule has 0 spiro atoms. The molecule has 6 nitrogen and oxygen atoms in total. The predicted octanol–water partition coefficient (Wildman–Crippen LogP) is 1.46. The van der Waals surface area contributed by atoms with Gasteiger partial charge in [-0.25, -0.2) is 12.8 Å². The summed E-state index contributed by atoms with van der Waals surface area (Å²) in [6.45, 7) is 1.86. The fourth-order valence-corrected chi connectivity index (χ4v) is 2.75. The summed E-state index contributed by atoms with van der Waals surface area (Å²) in [5, 5.41) is 11.3. The number of oxime groups is 1. The van der Waals surface area contributed by atoms with Gasteiger partial charge in [0.15, 0.2) is 5.84 Å². The molecule has 0 unspecified atom stereocenters. The first kappa shape index (κ1) is 15.2. The van der Waals surface area contributed by atoms with Crippen LogP contribution in [0.3, 0.4) is 0 Å². The van der Waals surface area contributed by atoms with Crippen molar-refractivity contribution in [1.29, 1.82) is 0 Å². The fourth-order valence-electron chi connectivity index (χ4n) is 1.47. The summed E-state index contributed by atoms with van der Waals surface area (Å²) < 4.78 is 39.4. The van der Waals surface area contributed by atoms with Gasteiger partial charge in [-0.05, 0) is 18.6 Å². The molecule has 1 rings (SSSR count). The minimum Gasteiger partial charge on any atom is -0.409 e. The number of hydrogen-bond acceptors (Lipinski definition) is 4. The third kappa shape index (κ3) is 4.09. The van der Waals surface area contributed by atoms with Gasteiger partial charge >= 0.3 is 0 Å². The molecule has 0 aromatic heterocycles. The van der Waals surface area contributed by atoms with Crippen LogP contribution in [0.5, 0.6) is 0 Å². The molecule has 106 valence electrons. The molecule has 0 radical (unpaired) electrons. The zero-order chi connectivity index (χ0) is 14.5. The molecule has 0 aliphatic heterocycles. The molecular formula is C11H16FN3O3S. The van der Waals surface area contributed by atoms with E-state index in [1.165, 1.54) is 12.1 Å². The lowest BCUT2D eigenvalue weighted by atomic mass is 10.1. The highest BCUT2D eigenvalue weighted by Gasteiger charge is 2.17. The first-order valence-electron chi connectivity index (χ1n) is 5.68. The van der Waals surface area contributed by atoms with Crippen LogP contribution in [0.4, 0.5) is 10.1 Å². The Bertz CT molecular complexity index is 573. The molecule has 0 saturated carbocycles. The number of hydrogen-bond donors (Lipinski definition) is 3. The summed E-state index contributed by atoms with van der Waals surface area (Å²) in [5.74, 6) is -1.34. The number of nitrogens with two attached hydrogens (primary N) is 1. The zero-order valence-electron chi connectivity index (χ0n) is 10.4. The molecule has 0 saturated heterocycles. The molecule has 0 amide bonds. The minimum absolute atomic E-state index is 0.0496. The molecule has 8 heteroatoms. The molecule has 1 aromatic carbocycles. The number of sulfonamides is 1. The first-order valence-corrected chi connectivity index (χ1v) is 7.33. The number of benzene rings is 1. The highest BCUT2D eigenvalue weighted by molar-refractivity contribution is 7.92. The van der Waals surface area contributed by atoms with Crippen molar-refractivity contribution >= 4 is 21.5 Å². The Morgan fingerprint density at radius 3 is 2.79 bits per heavy atom. The third-order valence-electron chi connectivity index (χ3n) is 2.41. The van der Waals surface area contributed by atoms with Crippen LogP contribution in [0.2, 0.25) is 0 Å². The van der Waals surface area contributed by atoms with Crippen molar-refractivity contribution in [3.63, 3.8) is 0 Å². The van der Waals surface area contributed by atoms with E-state index in [0.29, 0.717) is 6.42 Å². The van der Waals surface area contributed by atoms with E-state index in [0.717, 1.165) is 12.5 Å². The average molecular weight is 289 g/mol. The molecule has 4 N–H and O–H groups in total. The lowest BCUT2D eigenvalue weighted by molar-refractivity contribution is 0.318. The lowest BCUT2D eigenvalue weighted by Gasteiger charge is -2.12. The number of unbranched alkanes of at least 4 members (excludes halogenated alkanes) is 1. The number of amidine groups is 1. The maximum absolute atomic E-state index is 13.6. The van der Waals surface area contributed by atoms with Gasteiger partial charge in [0.2, 0.25) is 10.0 Å². The Labute approximate surface area is 111 Å². The SMILES string of the molecule is CCCCS(=O)(=O)Nc1cccc(F)c1/C(N)=N/O. The number of halogens is 1. The van der Waals surface area contributed by atoms with E-state index in [2.05, 4.69) is 9.88 Å². The highest BCUT2D eigenvalue weighted by atomic mass is 32.2. The Balaban J connectivity index is 3.12. The van der Waals surface area contributed by atoms with Crippen molar-refractivity contribution in [2.75, 3.05) is 10.5 Å². The Hall–Kier alpha value is -1.83. The molecule has 0 aliphatic carbocycles. The predicted molar refractivity (Wildman–Crippen MR) is 71.2 cm³/mol. The Morgan fingerprint density at radius 1 is 1.53 bits per heavy atom. The van der Waals surface area contributed by atoms with Gasteiger partial charge in [-0.3, -0.25) is 4.72 Å². The Kier molecular flexibility index (Phi) is 5.11. The maximum Gasteiger partial charge on any atom is 0.232 e. The van der Waals surface area contributed by atoms with Gasteiger partial charge in [0, 0.05) is 0 Å². The summed E-state index contributed by atoms with van der Waals surface area (Å²) in [7, 11) is -3.59. The second kappa shape index (κ2) is 6.37. The summed E-state index contributed by atoms with van der Waals surface area (Å²) in [4.78, 5) is 0. The van der Waals surface area contributed by atoms with Gasteiger partial charge in [0.1, 0.15) is 5.82 Å². The van der Waals surface area contributed by atoms with E-state index in [4.69, 9.17) is 10.9 Å². The largest absolute Gasteiger partial charge is 0.409 e. The molecule has 0 bridgehead atoms. The van der Waals surface area contributed by atoms with Gasteiger partial charge < -0.3 is 10.9 Å². The number of anilines is 1. The van der Waals surface area contributed by atoms with Crippen LogP contribution in [0.25, 0.3) is 0 Å². The van der Waals surface area contributed by atoms with Crippen LogP contribution < -0.4 is 10.5 Å². The zero-order valence-corrected chi connectivity index (χ0v) is 11.2. The van der Waals surface area contributed by atoms with Crippen LogP contribution in [0, 0.1) is 5.82 Å². The Morgan fingerprint density at radius 2 is 2.21 bits per heavy atom. The minimum atomic E-state index is -3.59. The van der Waals surface area contributed by atoms with Crippen LogP contribution in [-0.4, -0.2) is 25.2 Å².